The topological polar surface area (TPSA) is 94.0 Å². The van der Waals surface area contributed by atoms with Crippen molar-refractivity contribution in [2.45, 2.75) is 55.8 Å². The molecular formula is C30H29Cl2F2N3O5. The van der Waals surface area contributed by atoms with E-state index in [9.17, 15) is 9.90 Å². The van der Waals surface area contributed by atoms with Crippen molar-refractivity contribution in [1.29, 1.82) is 0 Å². The number of carbonyl (C=O) groups is 1. The predicted molar refractivity (Wildman–Crippen MR) is 149 cm³/mol. The molecular weight excluding hydrogens is 591 g/mol. The number of benzene rings is 2. The van der Waals surface area contributed by atoms with E-state index in [1.165, 1.54) is 30.3 Å². The van der Waals surface area contributed by atoms with E-state index in [4.69, 9.17) is 37.4 Å². The van der Waals surface area contributed by atoms with Gasteiger partial charge in [-0.05, 0) is 43.2 Å². The van der Waals surface area contributed by atoms with Gasteiger partial charge >= 0.3 is 0 Å². The zero-order chi connectivity index (χ0) is 29.7. The van der Waals surface area contributed by atoms with Gasteiger partial charge in [-0.25, -0.2) is 18.7 Å². The fraction of sp³-hybridized carbons (Fsp3) is 0.433. The van der Waals surface area contributed by atoms with Crippen LogP contribution in [0, 0.1) is 5.82 Å². The average molecular weight is 620 g/mol. The highest BCUT2D eigenvalue weighted by atomic mass is 35.5. The van der Waals surface area contributed by atoms with Gasteiger partial charge in [0.2, 0.25) is 5.72 Å². The van der Waals surface area contributed by atoms with Crippen molar-refractivity contribution in [3.63, 3.8) is 0 Å². The number of aliphatic hydroxyl groups is 1. The minimum atomic E-state index is -2.11. The van der Waals surface area contributed by atoms with Crippen molar-refractivity contribution in [3.05, 3.63) is 92.7 Å². The third-order valence-electron chi connectivity index (χ3n) is 8.44. The number of carbonyl (C=O) groups excluding carboxylic acids is 1. The van der Waals surface area contributed by atoms with E-state index in [1.807, 2.05) is 0 Å². The summed E-state index contributed by atoms with van der Waals surface area (Å²) >= 11 is 12.2. The first-order chi connectivity index (χ1) is 20.0. The quantitative estimate of drug-likeness (QED) is 0.383. The maximum absolute atomic E-state index is 16.6. The van der Waals surface area contributed by atoms with Gasteiger partial charge in [0.15, 0.2) is 0 Å². The molecule has 8 nitrogen and oxygen atoms in total. The molecule has 0 aliphatic carbocycles. The van der Waals surface area contributed by atoms with Gasteiger partial charge in [0.1, 0.15) is 22.9 Å². The molecule has 0 saturated carbocycles. The smallest absolute Gasteiger partial charge is 0.257 e. The highest BCUT2D eigenvalue weighted by molar-refractivity contribution is 6.30. The monoisotopic (exact) mass is 619 g/mol. The molecule has 42 heavy (non-hydrogen) atoms. The Bertz CT molecular complexity index is 1480. The second-order valence-corrected chi connectivity index (χ2v) is 11.9. The van der Waals surface area contributed by atoms with Crippen LogP contribution in [0.1, 0.15) is 59.1 Å². The number of hydrogen-bond donors (Lipinski definition) is 1. The number of hydrogen-bond acceptors (Lipinski definition) is 7. The van der Waals surface area contributed by atoms with Gasteiger partial charge in [-0.2, -0.15) is 0 Å². The molecule has 1 aromatic heterocycles. The summed E-state index contributed by atoms with van der Waals surface area (Å²) in [6.45, 7) is 2.04. The molecule has 3 aliphatic heterocycles. The number of aromatic nitrogens is 2. The summed E-state index contributed by atoms with van der Waals surface area (Å²) in [5.74, 6) is -1.20. The molecule has 1 N–H and O–H groups in total. The number of alkyl halides is 1. The molecule has 4 heterocycles. The Morgan fingerprint density at radius 2 is 1.79 bits per heavy atom. The maximum atomic E-state index is 16.6. The van der Waals surface area contributed by atoms with Crippen molar-refractivity contribution >= 4 is 29.1 Å². The first-order valence-electron chi connectivity index (χ1n) is 13.7. The SMILES string of the molecule is CC(O)(c1cc(F)c2c(c1)C(=O)N(Cc1ncc(Cl)cn1)[C@@]2(O[C@H]1CCOC1)c1ccc(Cl)cc1)C1(F)CCOCC1. The minimum absolute atomic E-state index is 0.0599. The van der Waals surface area contributed by atoms with Gasteiger partial charge in [-0.3, -0.25) is 9.69 Å². The number of fused-ring (bicyclic) bond motifs is 1. The van der Waals surface area contributed by atoms with Crippen LogP contribution in [0.5, 0.6) is 0 Å². The molecule has 3 aliphatic rings. The van der Waals surface area contributed by atoms with E-state index < -0.39 is 34.8 Å². The Hall–Kier alpha value is -2.73. The van der Waals surface area contributed by atoms with Crippen molar-refractivity contribution in [3.8, 4) is 0 Å². The number of amides is 1. The van der Waals surface area contributed by atoms with E-state index in [0.29, 0.717) is 28.6 Å². The summed E-state index contributed by atoms with van der Waals surface area (Å²) in [5.41, 5.74) is -5.73. The van der Waals surface area contributed by atoms with Crippen LogP contribution in [0.15, 0.2) is 48.8 Å². The highest BCUT2D eigenvalue weighted by Crippen LogP contribution is 2.51. The Morgan fingerprint density at radius 3 is 2.43 bits per heavy atom. The maximum Gasteiger partial charge on any atom is 0.257 e. The van der Waals surface area contributed by atoms with Crippen LogP contribution < -0.4 is 0 Å². The first kappa shape index (κ1) is 29.3. The third-order valence-corrected chi connectivity index (χ3v) is 8.89. The molecule has 222 valence electrons. The Morgan fingerprint density at radius 1 is 1.10 bits per heavy atom. The van der Waals surface area contributed by atoms with E-state index in [-0.39, 0.29) is 61.7 Å². The van der Waals surface area contributed by atoms with E-state index in [1.54, 1.807) is 24.3 Å². The van der Waals surface area contributed by atoms with Gasteiger partial charge in [0.25, 0.3) is 5.91 Å². The van der Waals surface area contributed by atoms with E-state index in [2.05, 4.69) is 9.97 Å². The molecule has 6 rings (SSSR count). The molecule has 3 aromatic rings. The van der Waals surface area contributed by atoms with Crippen LogP contribution in [0.2, 0.25) is 10.0 Å². The third kappa shape index (κ3) is 4.88. The zero-order valence-electron chi connectivity index (χ0n) is 22.8. The number of halogens is 4. The summed E-state index contributed by atoms with van der Waals surface area (Å²) in [5, 5.41) is 12.3. The zero-order valence-corrected chi connectivity index (χ0v) is 24.3. The lowest BCUT2D eigenvalue weighted by molar-refractivity contribution is -0.149. The van der Waals surface area contributed by atoms with Crippen LogP contribution in [-0.2, 0) is 32.1 Å². The lowest BCUT2D eigenvalue weighted by atomic mass is 9.75. The van der Waals surface area contributed by atoms with Crippen LogP contribution in [0.4, 0.5) is 8.78 Å². The molecule has 3 atom stereocenters. The van der Waals surface area contributed by atoms with E-state index >= 15 is 8.78 Å². The lowest BCUT2D eigenvalue weighted by Gasteiger charge is -2.42. The second kappa shape index (κ2) is 11.1. The fourth-order valence-corrected chi connectivity index (χ4v) is 6.25. The molecule has 2 aromatic carbocycles. The highest BCUT2D eigenvalue weighted by Gasteiger charge is 2.57. The van der Waals surface area contributed by atoms with Crippen LogP contribution in [0.25, 0.3) is 0 Å². The van der Waals surface area contributed by atoms with Gasteiger partial charge in [-0.1, -0.05) is 35.3 Å². The number of ether oxygens (including phenoxy) is 3. The normalized spacial score (nSPS) is 25.0. The number of rotatable bonds is 7. The van der Waals surface area contributed by atoms with Crippen molar-refractivity contribution in [2.75, 3.05) is 26.4 Å². The molecule has 2 fully saturated rings. The van der Waals surface area contributed by atoms with Crippen molar-refractivity contribution in [1.82, 2.24) is 14.9 Å². The lowest BCUT2D eigenvalue weighted by Crippen LogP contribution is -2.50. The summed E-state index contributed by atoms with van der Waals surface area (Å²) < 4.78 is 50.3. The van der Waals surface area contributed by atoms with Gasteiger partial charge in [0.05, 0.1) is 35.4 Å². The van der Waals surface area contributed by atoms with Gasteiger partial charge in [-0.15, -0.1) is 0 Å². The van der Waals surface area contributed by atoms with E-state index in [0.717, 1.165) is 6.07 Å². The molecule has 1 unspecified atom stereocenters. The van der Waals surface area contributed by atoms with Crippen molar-refractivity contribution in [2.24, 2.45) is 0 Å². The summed E-state index contributed by atoms with van der Waals surface area (Å²) in [6, 6.07) is 9.03. The predicted octanol–water partition coefficient (Wildman–Crippen LogP) is 5.31. The molecule has 2 saturated heterocycles. The average Bonchev–Trinajstić information content (AvgIpc) is 3.56. The summed E-state index contributed by atoms with van der Waals surface area (Å²) in [7, 11) is 0. The standard InChI is InChI=1S/C30H29Cl2F2N3O5/c1-28(39,29(34)7-10-40-11-8-29)19-12-23-26(24(33)13-19)30(42-22-6-9-41-17-22,18-2-4-20(31)5-3-18)37(27(23)38)16-25-35-14-21(32)15-36-25/h2-5,12-15,22,39H,6-11,16-17H2,1H3/t22-,28?,30+/m0/s1. The Balaban J connectivity index is 1.56. The van der Waals surface area contributed by atoms with Crippen LogP contribution >= 0.6 is 23.2 Å². The minimum Gasteiger partial charge on any atom is -0.382 e. The van der Waals surface area contributed by atoms with Gasteiger partial charge in [0, 0.05) is 55.6 Å². The Labute approximate surface area is 251 Å². The largest absolute Gasteiger partial charge is 0.382 e. The fourth-order valence-electron chi connectivity index (χ4n) is 6.02. The Kier molecular flexibility index (Phi) is 7.74. The first-order valence-corrected chi connectivity index (χ1v) is 14.4. The van der Waals surface area contributed by atoms with Crippen LogP contribution in [0.3, 0.4) is 0 Å². The second-order valence-electron chi connectivity index (χ2n) is 11.0. The summed E-state index contributed by atoms with van der Waals surface area (Å²) in [6.07, 6.45) is 2.69. The summed E-state index contributed by atoms with van der Waals surface area (Å²) in [4.78, 5) is 24.2. The van der Waals surface area contributed by atoms with Crippen LogP contribution in [-0.4, -0.2) is 64.1 Å². The molecule has 0 radical (unpaired) electrons. The molecule has 1 amide bonds. The van der Waals surface area contributed by atoms with Gasteiger partial charge < -0.3 is 19.3 Å². The van der Waals surface area contributed by atoms with Crippen molar-refractivity contribution < 1.29 is 32.9 Å². The number of nitrogens with zero attached hydrogens (tertiary/aromatic N) is 3. The molecule has 12 heteroatoms. The molecule has 0 bridgehead atoms. The molecule has 0 spiro atoms.